The Hall–Kier alpha value is -0.0400. The largest absolute Gasteiger partial charge is 0.303 e. The van der Waals surface area contributed by atoms with Crippen LogP contribution in [0, 0.1) is 11.8 Å². The third kappa shape index (κ3) is 2.46. The lowest BCUT2D eigenvalue weighted by molar-refractivity contribution is 0.180. The maximum atomic E-state index is 2.69. The molecule has 1 aliphatic carbocycles. The van der Waals surface area contributed by atoms with E-state index in [4.69, 9.17) is 0 Å². The first-order valence-corrected chi connectivity index (χ1v) is 6.08. The van der Waals surface area contributed by atoms with Crippen molar-refractivity contribution in [3.8, 4) is 0 Å². The molecular formula is C12H23N. The average molecular weight is 181 g/mol. The zero-order chi connectivity index (χ0) is 9.10. The van der Waals surface area contributed by atoms with E-state index in [1.54, 1.807) is 0 Å². The molecule has 1 saturated heterocycles. The first kappa shape index (κ1) is 9.51. The van der Waals surface area contributed by atoms with E-state index in [-0.39, 0.29) is 0 Å². The molecule has 0 aromatic heterocycles. The van der Waals surface area contributed by atoms with Crippen LogP contribution in [0.25, 0.3) is 0 Å². The molecule has 13 heavy (non-hydrogen) atoms. The van der Waals surface area contributed by atoms with Crippen LogP contribution in [0.1, 0.15) is 45.4 Å². The van der Waals surface area contributed by atoms with Crippen LogP contribution in [0.5, 0.6) is 0 Å². The molecule has 0 bridgehead atoms. The van der Waals surface area contributed by atoms with Crippen molar-refractivity contribution in [2.24, 2.45) is 11.8 Å². The van der Waals surface area contributed by atoms with Crippen LogP contribution < -0.4 is 0 Å². The summed E-state index contributed by atoms with van der Waals surface area (Å²) in [6, 6.07) is 0. The summed E-state index contributed by atoms with van der Waals surface area (Å²) in [5, 5.41) is 0. The zero-order valence-corrected chi connectivity index (χ0v) is 8.97. The summed E-state index contributed by atoms with van der Waals surface area (Å²) < 4.78 is 0. The number of hydrogen-bond acceptors (Lipinski definition) is 1. The van der Waals surface area contributed by atoms with Crippen molar-refractivity contribution >= 4 is 0 Å². The molecule has 2 aliphatic rings. The third-order valence-corrected chi connectivity index (χ3v) is 3.98. The van der Waals surface area contributed by atoms with E-state index in [0.717, 1.165) is 11.8 Å². The summed E-state index contributed by atoms with van der Waals surface area (Å²) in [7, 11) is 0. The standard InChI is InChI=1S/C12H23N/c1-11-6-2-3-7-12(11)10-13-8-4-5-9-13/h11-12H,2-10H2,1H3/t11-,12+/m0/s1. The van der Waals surface area contributed by atoms with Gasteiger partial charge in [-0.3, -0.25) is 0 Å². The fourth-order valence-corrected chi connectivity index (χ4v) is 2.96. The predicted octanol–water partition coefficient (Wildman–Crippen LogP) is 2.91. The second-order valence-corrected chi connectivity index (χ2v) is 5.03. The van der Waals surface area contributed by atoms with Crippen LogP contribution >= 0.6 is 0 Å². The molecule has 0 unspecified atom stereocenters. The molecule has 76 valence electrons. The van der Waals surface area contributed by atoms with Crippen molar-refractivity contribution in [3.05, 3.63) is 0 Å². The molecule has 1 heterocycles. The molecule has 1 nitrogen and oxygen atoms in total. The monoisotopic (exact) mass is 181 g/mol. The normalized spacial score (nSPS) is 36.7. The van der Waals surface area contributed by atoms with Gasteiger partial charge in [-0.2, -0.15) is 0 Å². The van der Waals surface area contributed by atoms with Gasteiger partial charge >= 0.3 is 0 Å². The van der Waals surface area contributed by atoms with E-state index >= 15 is 0 Å². The second-order valence-electron chi connectivity index (χ2n) is 5.03. The molecular weight excluding hydrogens is 158 g/mol. The van der Waals surface area contributed by atoms with Gasteiger partial charge in [0.15, 0.2) is 0 Å². The van der Waals surface area contributed by atoms with E-state index < -0.39 is 0 Å². The van der Waals surface area contributed by atoms with E-state index in [0.29, 0.717) is 0 Å². The summed E-state index contributed by atoms with van der Waals surface area (Å²) in [6.45, 7) is 6.62. The van der Waals surface area contributed by atoms with Gasteiger partial charge in [0.1, 0.15) is 0 Å². The number of hydrogen-bond donors (Lipinski definition) is 0. The fraction of sp³-hybridized carbons (Fsp3) is 1.00. The predicted molar refractivity (Wildman–Crippen MR) is 56.8 cm³/mol. The van der Waals surface area contributed by atoms with Crippen LogP contribution in [0.3, 0.4) is 0 Å². The minimum Gasteiger partial charge on any atom is -0.303 e. The van der Waals surface area contributed by atoms with Gasteiger partial charge in [-0.05, 0) is 44.2 Å². The minimum atomic E-state index is 0.995. The van der Waals surface area contributed by atoms with E-state index in [9.17, 15) is 0 Å². The Labute approximate surface area is 82.5 Å². The van der Waals surface area contributed by atoms with Crippen LogP contribution in [0.4, 0.5) is 0 Å². The van der Waals surface area contributed by atoms with E-state index in [1.807, 2.05) is 0 Å². The molecule has 1 saturated carbocycles. The maximum absolute atomic E-state index is 2.69. The summed E-state index contributed by atoms with van der Waals surface area (Å²) in [5.74, 6) is 2.01. The highest BCUT2D eigenvalue weighted by Crippen LogP contribution is 2.30. The summed E-state index contributed by atoms with van der Waals surface area (Å²) >= 11 is 0. The second kappa shape index (κ2) is 4.45. The highest BCUT2D eigenvalue weighted by atomic mass is 15.1. The lowest BCUT2D eigenvalue weighted by Crippen LogP contribution is -2.31. The van der Waals surface area contributed by atoms with Crippen molar-refractivity contribution in [3.63, 3.8) is 0 Å². The van der Waals surface area contributed by atoms with Gasteiger partial charge in [-0.15, -0.1) is 0 Å². The fourth-order valence-electron chi connectivity index (χ4n) is 2.96. The van der Waals surface area contributed by atoms with Gasteiger partial charge in [0.2, 0.25) is 0 Å². The third-order valence-electron chi connectivity index (χ3n) is 3.98. The molecule has 2 fully saturated rings. The molecule has 0 amide bonds. The number of nitrogens with zero attached hydrogens (tertiary/aromatic N) is 1. The summed E-state index contributed by atoms with van der Waals surface area (Å²) in [6.07, 6.45) is 8.85. The molecule has 2 rings (SSSR count). The Kier molecular flexibility index (Phi) is 3.26. The quantitative estimate of drug-likeness (QED) is 0.633. The smallest absolute Gasteiger partial charge is 0.00122 e. The maximum Gasteiger partial charge on any atom is 0.00122 e. The van der Waals surface area contributed by atoms with Crippen LogP contribution in [0.15, 0.2) is 0 Å². The SMILES string of the molecule is C[C@H]1CCCC[C@@H]1CN1CCCC1. The number of likely N-dealkylation sites (tertiary alicyclic amines) is 1. The molecule has 0 N–H and O–H groups in total. The summed E-state index contributed by atoms with van der Waals surface area (Å²) in [4.78, 5) is 2.69. The highest BCUT2D eigenvalue weighted by molar-refractivity contribution is 4.77. The van der Waals surface area contributed by atoms with Gasteiger partial charge in [0.25, 0.3) is 0 Å². The van der Waals surface area contributed by atoms with Crippen LogP contribution in [0.2, 0.25) is 0 Å². The lowest BCUT2D eigenvalue weighted by Gasteiger charge is -2.32. The van der Waals surface area contributed by atoms with Crippen molar-refractivity contribution in [2.45, 2.75) is 45.4 Å². The summed E-state index contributed by atoms with van der Waals surface area (Å²) in [5.41, 5.74) is 0. The topological polar surface area (TPSA) is 3.24 Å². The van der Waals surface area contributed by atoms with Crippen molar-refractivity contribution < 1.29 is 0 Å². The van der Waals surface area contributed by atoms with Gasteiger partial charge in [-0.1, -0.05) is 26.2 Å². The first-order valence-electron chi connectivity index (χ1n) is 6.08. The van der Waals surface area contributed by atoms with Gasteiger partial charge in [0, 0.05) is 6.54 Å². The Morgan fingerprint density at radius 2 is 1.69 bits per heavy atom. The molecule has 0 radical (unpaired) electrons. The average Bonchev–Trinajstić information content (AvgIpc) is 2.61. The van der Waals surface area contributed by atoms with Gasteiger partial charge < -0.3 is 4.90 Å². The van der Waals surface area contributed by atoms with Gasteiger partial charge in [0.05, 0.1) is 0 Å². The molecule has 0 spiro atoms. The Bertz CT molecular complexity index is 149. The zero-order valence-electron chi connectivity index (χ0n) is 8.97. The molecule has 1 aliphatic heterocycles. The molecule has 0 aromatic rings. The Morgan fingerprint density at radius 1 is 1.00 bits per heavy atom. The van der Waals surface area contributed by atoms with Crippen molar-refractivity contribution in [2.75, 3.05) is 19.6 Å². The Balaban J connectivity index is 1.78. The van der Waals surface area contributed by atoms with Gasteiger partial charge in [-0.25, -0.2) is 0 Å². The van der Waals surface area contributed by atoms with Crippen molar-refractivity contribution in [1.29, 1.82) is 0 Å². The van der Waals surface area contributed by atoms with E-state index in [2.05, 4.69) is 11.8 Å². The minimum absolute atomic E-state index is 0.995. The van der Waals surface area contributed by atoms with Crippen LogP contribution in [-0.4, -0.2) is 24.5 Å². The van der Waals surface area contributed by atoms with Crippen LogP contribution in [-0.2, 0) is 0 Å². The first-order chi connectivity index (χ1) is 6.36. The molecule has 1 heteroatoms. The number of rotatable bonds is 2. The Morgan fingerprint density at radius 3 is 2.38 bits per heavy atom. The van der Waals surface area contributed by atoms with Crippen molar-refractivity contribution in [1.82, 2.24) is 4.90 Å². The highest BCUT2D eigenvalue weighted by Gasteiger charge is 2.24. The van der Waals surface area contributed by atoms with E-state index in [1.165, 1.54) is 58.2 Å². The molecule has 2 atom stereocenters. The lowest BCUT2D eigenvalue weighted by atomic mass is 9.80. The molecule has 0 aromatic carbocycles.